The Morgan fingerprint density at radius 2 is 1.82 bits per heavy atom. The van der Waals surface area contributed by atoms with E-state index in [2.05, 4.69) is 15.1 Å². The van der Waals surface area contributed by atoms with Crippen molar-refractivity contribution in [1.29, 1.82) is 0 Å². The molecule has 9 heteroatoms. The monoisotopic (exact) mass is 519 g/mol. The highest BCUT2D eigenvalue weighted by molar-refractivity contribution is 5.96. The number of methoxy groups -OCH3 is 1. The molecule has 1 atom stereocenters. The molecule has 1 fully saturated rings. The quantitative estimate of drug-likeness (QED) is 0.442. The standard InChI is InChI=1S/C29H34FN5O3/c1-4-21(2)35(29(37)22-9-11-24(30)12-10-22)20-28(36)34-16-6-15-33(17-18-34)27-14-13-26(31-32-27)23-7-5-8-25(19-23)38-3/h5,7-14,19,21H,4,6,15-18,20H2,1-3H3/t21-/m1/s1. The summed E-state index contributed by atoms with van der Waals surface area (Å²) in [6.07, 6.45) is 1.48. The molecule has 38 heavy (non-hydrogen) atoms. The summed E-state index contributed by atoms with van der Waals surface area (Å²) >= 11 is 0. The van der Waals surface area contributed by atoms with Gasteiger partial charge in [0.05, 0.1) is 12.8 Å². The Labute approximate surface area is 223 Å². The van der Waals surface area contributed by atoms with Gasteiger partial charge in [-0.25, -0.2) is 4.39 Å². The van der Waals surface area contributed by atoms with Gasteiger partial charge >= 0.3 is 0 Å². The van der Waals surface area contributed by atoms with Gasteiger partial charge in [0, 0.05) is 43.3 Å². The van der Waals surface area contributed by atoms with Crippen molar-refractivity contribution in [3.63, 3.8) is 0 Å². The van der Waals surface area contributed by atoms with E-state index in [1.807, 2.05) is 55.1 Å². The Bertz CT molecular complexity index is 1240. The third-order valence-corrected chi connectivity index (χ3v) is 6.97. The SMILES string of the molecule is CC[C@@H](C)N(CC(=O)N1CCCN(c2ccc(-c3cccc(OC)c3)nn2)CC1)C(=O)c1ccc(F)cc1. The lowest BCUT2D eigenvalue weighted by molar-refractivity contribution is -0.132. The summed E-state index contributed by atoms with van der Waals surface area (Å²) in [6, 6.07) is 16.9. The van der Waals surface area contributed by atoms with Gasteiger partial charge in [0.25, 0.3) is 5.91 Å². The number of carbonyl (C=O) groups excluding carboxylic acids is 2. The van der Waals surface area contributed by atoms with E-state index in [1.165, 1.54) is 24.3 Å². The number of aromatic nitrogens is 2. The fourth-order valence-corrected chi connectivity index (χ4v) is 4.48. The molecule has 0 saturated carbocycles. The highest BCUT2D eigenvalue weighted by Crippen LogP contribution is 2.23. The predicted molar refractivity (Wildman–Crippen MR) is 145 cm³/mol. The molecule has 0 aliphatic carbocycles. The molecule has 1 aliphatic rings. The fraction of sp³-hybridized carbons (Fsp3) is 0.379. The van der Waals surface area contributed by atoms with Crippen LogP contribution >= 0.6 is 0 Å². The molecule has 2 amide bonds. The Morgan fingerprint density at radius 3 is 2.50 bits per heavy atom. The van der Waals surface area contributed by atoms with Crippen LogP contribution in [0.2, 0.25) is 0 Å². The van der Waals surface area contributed by atoms with Gasteiger partial charge in [-0.05, 0) is 68.3 Å². The van der Waals surface area contributed by atoms with Crippen LogP contribution in [0.1, 0.15) is 37.0 Å². The van der Waals surface area contributed by atoms with E-state index in [-0.39, 0.29) is 24.4 Å². The van der Waals surface area contributed by atoms with Crippen LogP contribution in [0.4, 0.5) is 10.2 Å². The molecule has 1 aromatic heterocycles. The summed E-state index contributed by atoms with van der Waals surface area (Å²) < 4.78 is 18.6. The number of benzene rings is 2. The van der Waals surface area contributed by atoms with Crippen molar-refractivity contribution in [2.24, 2.45) is 0 Å². The third-order valence-electron chi connectivity index (χ3n) is 6.97. The van der Waals surface area contributed by atoms with Gasteiger partial charge < -0.3 is 19.4 Å². The molecule has 4 rings (SSSR count). The first-order valence-electron chi connectivity index (χ1n) is 13.0. The fourth-order valence-electron chi connectivity index (χ4n) is 4.48. The van der Waals surface area contributed by atoms with Gasteiger partial charge in [0.15, 0.2) is 5.82 Å². The van der Waals surface area contributed by atoms with Crippen LogP contribution in [-0.4, -0.2) is 77.7 Å². The Kier molecular flexibility index (Phi) is 8.89. The second kappa shape index (κ2) is 12.5. The van der Waals surface area contributed by atoms with E-state index in [0.717, 1.165) is 35.8 Å². The molecule has 0 N–H and O–H groups in total. The number of hydrogen-bond donors (Lipinski definition) is 0. The summed E-state index contributed by atoms with van der Waals surface area (Å²) in [5, 5.41) is 8.85. The van der Waals surface area contributed by atoms with Crippen molar-refractivity contribution in [2.75, 3.05) is 44.7 Å². The van der Waals surface area contributed by atoms with E-state index < -0.39 is 5.82 Å². The summed E-state index contributed by atoms with van der Waals surface area (Å²) in [6.45, 7) is 6.38. The van der Waals surface area contributed by atoms with Gasteiger partial charge in [-0.2, -0.15) is 0 Å². The van der Waals surface area contributed by atoms with Crippen molar-refractivity contribution in [1.82, 2.24) is 20.0 Å². The lowest BCUT2D eigenvalue weighted by Crippen LogP contribution is -2.47. The van der Waals surface area contributed by atoms with E-state index >= 15 is 0 Å². The van der Waals surface area contributed by atoms with Gasteiger partial charge in [-0.1, -0.05) is 19.1 Å². The van der Waals surface area contributed by atoms with Crippen LogP contribution in [0.25, 0.3) is 11.3 Å². The summed E-state index contributed by atoms with van der Waals surface area (Å²) in [4.78, 5) is 32.0. The summed E-state index contributed by atoms with van der Waals surface area (Å²) in [5.74, 6) is 0.759. The van der Waals surface area contributed by atoms with Crippen LogP contribution in [0, 0.1) is 5.82 Å². The number of ether oxygens (including phenoxy) is 1. The molecule has 0 radical (unpaired) electrons. The first-order chi connectivity index (χ1) is 18.4. The Morgan fingerprint density at radius 1 is 1.03 bits per heavy atom. The zero-order valence-corrected chi connectivity index (χ0v) is 22.1. The molecule has 0 bridgehead atoms. The molecular formula is C29H34FN5O3. The van der Waals surface area contributed by atoms with E-state index in [1.54, 1.807) is 12.0 Å². The first-order valence-corrected chi connectivity index (χ1v) is 13.0. The maximum atomic E-state index is 13.3. The van der Waals surface area contributed by atoms with Crippen molar-refractivity contribution in [3.05, 3.63) is 72.0 Å². The number of halogens is 1. The second-order valence-electron chi connectivity index (χ2n) is 9.43. The first kappa shape index (κ1) is 27.0. The number of carbonyl (C=O) groups is 2. The molecule has 0 unspecified atom stereocenters. The largest absolute Gasteiger partial charge is 0.497 e. The summed E-state index contributed by atoms with van der Waals surface area (Å²) in [7, 11) is 1.63. The maximum absolute atomic E-state index is 13.3. The van der Waals surface area contributed by atoms with E-state index in [0.29, 0.717) is 31.6 Å². The van der Waals surface area contributed by atoms with Crippen LogP contribution < -0.4 is 9.64 Å². The lowest BCUT2D eigenvalue weighted by atomic mass is 10.1. The highest BCUT2D eigenvalue weighted by atomic mass is 19.1. The predicted octanol–water partition coefficient (Wildman–Crippen LogP) is 4.27. The van der Waals surface area contributed by atoms with Crippen molar-refractivity contribution in [3.8, 4) is 17.0 Å². The van der Waals surface area contributed by atoms with Crippen LogP contribution in [0.15, 0.2) is 60.7 Å². The van der Waals surface area contributed by atoms with Gasteiger partial charge in [0.2, 0.25) is 5.91 Å². The normalized spacial score (nSPS) is 14.5. The van der Waals surface area contributed by atoms with Crippen molar-refractivity contribution in [2.45, 2.75) is 32.7 Å². The maximum Gasteiger partial charge on any atom is 0.254 e. The molecule has 2 aromatic carbocycles. The molecule has 0 spiro atoms. The smallest absolute Gasteiger partial charge is 0.254 e. The van der Waals surface area contributed by atoms with E-state index in [9.17, 15) is 14.0 Å². The van der Waals surface area contributed by atoms with Crippen LogP contribution in [0.5, 0.6) is 5.75 Å². The molecule has 2 heterocycles. The van der Waals surface area contributed by atoms with Crippen LogP contribution in [-0.2, 0) is 4.79 Å². The second-order valence-corrected chi connectivity index (χ2v) is 9.43. The topological polar surface area (TPSA) is 78.9 Å². The minimum Gasteiger partial charge on any atom is -0.497 e. The zero-order valence-electron chi connectivity index (χ0n) is 22.1. The number of rotatable bonds is 8. The average molecular weight is 520 g/mol. The molecule has 1 aliphatic heterocycles. The third kappa shape index (κ3) is 6.45. The van der Waals surface area contributed by atoms with Gasteiger partial charge in [0.1, 0.15) is 18.1 Å². The van der Waals surface area contributed by atoms with E-state index in [4.69, 9.17) is 4.74 Å². The number of amides is 2. The summed E-state index contributed by atoms with van der Waals surface area (Å²) in [5.41, 5.74) is 2.06. The Hall–Kier alpha value is -4.01. The molecule has 8 nitrogen and oxygen atoms in total. The Balaban J connectivity index is 1.39. The van der Waals surface area contributed by atoms with Gasteiger partial charge in [-0.3, -0.25) is 9.59 Å². The number of anilines is 1. The highest BCUT2D eigenvalue weighted by Gasteiger charge is 2.27. The molecule has 1 saturated heterocycles. The van der Waals surface area contributed by atoms with Crippen LogP contribution in [0.3, 0.4) is 0 Å². The van der Waals surface area contributed by atoms with Crippen molar-refractivity contribution >= 4 is 17.6 Å². The molecule has 200 valence electrons. The molecule has 3 aromatic rings. The number of nitrogens with zero attached hydrogens (tertiary/aromatic N) is 5. The minimum absolute atomic E-state index is 0.0136. The molecular weight excluding hydrogens is 485 g/mol. The minimum atomic E-state index is -0.401. The van der Waals surface area contributed by atoms with Crippen molar-refractivity contribution < 1.29 is 18.7 Å². The van der Waals surface area contributed by atoms with Gasteiger partial charge in [-0.15, -0.1) is 10.2 Å². The zero-order chi connectivity index (χ0) is 27.1. The lowest BCUT2D eigenvalue weighted by Gasteiger charge is -2.31. The number of hydrogen-bond acceptors (Lipinski definition) is 6. The average Bonchev–Trinajstić information content (AvgIpc) is 3.22.